The summed E-state index contributed by atoms with van der Waals surface area (Å²) in [6.45, 7) is 5.44. The summed E-state index contributed by atoms with van der Waals surface area (Å²) in [5, 5.41) is 9.26. The van der Waals surface area contributed by atoms with Gasteiger partial charge in [-0.3, -0.25) is 0 Å². The second kappa shape index (κ2) is 6.03. The summed E-state index contributed by atoms with van der Waals surface area (Å²) in [5.41, 5.74) is 3.07. The van der Waals surface area contributed by atoms with Gasteiger partial charge in [-0.25, -0.2) is 4.98 Å². The third kappa shape index (κ3) is 3.24. The van der Waals surface area contributed by atoms with Crippen LogP contribution in [0, 0.1) is 11.3 Å². The lowest BCUT2D eigenvalue weighted by atomic mass is 10.1. The van der Waals surface area contributed by atoms with E-state index >= 15 is 0 Å². The Kier molecular flexibility index (Phi) is 4.39. The quantitative estimate of drug-likeness (QED) is 0.814. The highest BCUT2D eigenvalue weighted by Gasteiger charge is 2.18. The van der Waals surface area contributed by atoms with Crippen molar-refractivity contribution in [3.05, 3.63) is 22.9 Å². The first-order valence-electron chi connectivity index (χ1n) is 6.87. The lowest BCUT2D eigenvalue weighted by molar-refractivity contribution is 0.0845. The van der Waals surface area contributed by atoms with E-state index in [1.165, 1.54) is 5.56 Å². The third-order valence-electron chi connectivity index (χ3n) is 3.39. The fraction of sp³-hybridized carbons (Fsp3) is 0.600. The molecule has 0 saturated heterocycles. The maximum Gasteiger partial charge on any atom is 0.146 e. The number of fused-ring (bicyclic) bond motifs is 1. The monoisotopic (exact) mass is 259 g/mol. The van der Waals surface area contributed by atoms with Crippen LogP contribution in [0.25, 0.3) is 0 Å². The van der Waals surface area contributed by atoms with Crippen LogP contribution in [-0.2, 0) is 17.6 Å². The molecule has 0 N–H and O–H groups in total. The van der Waals surface area contributed by atoms with E-state index in [9.17, 15) is 5.26 Å². The molecule has 1 aliphatic rings. The summed E-state index contributed by atoms with van der Waals surface area (Å²) in [7, 11) is 1.97. The Bertz CT molecular complexity index is 491. The smallest absolute Gasteiger partial charge is 0.146 e. The highest BCUT2D eigenvalue weighted by atomic mass is 16.5. The predicted octanol–water partition coefficient (Wildman–Crippen LogP) is 2.30. The second-order valence-corrected chi connectivity index (χ2v) is 5.27. The van der Waals surface area contributed by atoms with E-state index in [-0.39, 0.29) is 6.10 Å². The van der Waals surface area contributed by atoms with Crippen LogP contribution in [0.2, 0.25) is 0 Å². The van der Waals surface area contributed by atoms with Gasteiger partial charge in [-0.15, -0.1) is 0 Å². The zero-order chi connectivity index (χ0) is 13.8. The molecule has 2 rings (SSSR count). The number of anilines is 1. The molecule has 1 aromatic heterocycles. The van der Waals surface area contributed by atoms with Gasteiger partial charge in [0.1, 0.15) is 11.9 Å². The van der Waals surface area contributed by atoms with Crippen LogP contribution in [0.4, 0.5) is 5.82 Å². The molecule has 0 bridgehead atoms. The Labute approximate surface area is 115 Å². The molecule has 1 heterocycles. The van der Waals surface area contributed by atoms with Crippen LogP contribution in [0.1, 0.15) is 37.1 Å². The van der Waals surface area contributed by atoms with E-state index in [1.807, 2.05) is 31.9 Å². The number of hydrogen-bond acceptors (Lipinski definition) is 4. The van der Waals surface area contributed by atoms with Crippen LogP contribution in [-0.4, -0.2) is 31.3 Å². The van der Waals surface area contributed by atoms with Crippen LogP contribution < -0.4 is 4.90 Å². The number of aryl methyl sites for hydroxylation is 2. The normalized spacial score (nSPS) is 13.4. The fourth-order valence-electron chi connectivity index (χ4n) is 2.37. The van der Waals surface area contributed by atoms with Crippen LogP contribution >= 0.6 is 0 Å². The van der Waals surface area contributed by atoms with E-state index < -0.39 is 0 Å². The molecule has 0 radical (unpaired) electrons. The van der Waals surface area contributed by atoms with Gasteiger partial charge in [-0.1, -0.05) is 0 Å². The maximum atomic E-state index is 9.26. The summed E-state index contributed by atoms with van der Waals surface area (Å²) in [6, 6.07) is 4.26. The first-order chi connectivity index (χ1) is 9.11. The van der Waals surface area contributed by atoms with Gasteiger partial charge in [-0.2, -0.15) is 5.26 Å². The molecule has 0 atom stereocenters. The van der Waals surface area contributed by atoms with Crippen molar-refractivity contribution in [3.8, 4) is 6.07 Å². The van der Waals surface area contributed by atoms with Gasteiger partial charge in [0, 0.05) is 19.3 Å². The van der Waals surface area contributed by atoms with E-state index in [2.05, 4.69) is 11.1 Å². The third-order valence-corrected chi connectivity index (χ3v) is 3.39. The molecule has 4 heteroatoms. The van der Waals surface area contributed by atoms with E-state index in [1.54, 1.807) is 0 Å². The van der Waals surface area contributed by atoms with Crippen molar-refractivity contribution in [1.82, 2.24) is 4.98 Å². The topological polar surface area (TPSA) is 49.1 Å². The molecule has 0 fully saturated rings. The number of nitriles is 1. The average Bonchev–Trinajstić information content (AvgIpc) is 2.83. The molecule has 1 aliphatic carbocycles. The Hall–Kier alpha value is -1.60. The highest BCUT2D eigenvalue weighted by Crippen LogP contribution is 2.26. The van der Waals surface area contributed by atoms with Crippen molar-refractivity contribution >= 4 is 5.82 Å². The Morgan fingerprint density at radius 2 is 2.26 bits per heavy atom. The number of ether oxygens (including phenoxy) is 1. The zero-order valence-corrected chi connectivity index (χ0v) is 11.9. The average molecular weight is 259 g/mol. The summed E-state index contributed by atoms with van der Waals surface area (Å²) < 4.78 is 5.55. The van der Waals surface area contributed by atoms with Crippen LogP contribution in [0.5, 0.6) is 0 Å². The van der Waals surface area contributed by atoms with Crippen molar-refractivity contribution in [1.29, 1.82) is 5.26 Å². The minimum absolute atomic E-state index is 0.233. The fourth-order valence-corrected chi connectivity index (χ4v) is 2.37. The van der Waals surface area contributed by atoms with Gasteiger partial charge >= 0.3 is 0 Å². The minimum atomic E-state index is 0.233. The van der Waals surface area contributed by atoms with Gasteiger partial charge in [0.2, 0.25) is 0 Å². The molecule has 0 aliphatic heterocycles. The zero-order valence-electron chi connectivity index (χ0n) is 11.9. The Morgan fingerprint density at radius 3 is 2.95 bits per heavy atom. The molecule has 0 amide bonds. The number of hydrogen-bond donors (Lipinski definition) is 0. The summed E-state index contributed by atoms with van der Waals surface area (Å²) in [6.07, 6.45) is 3.47. The molecule has 19 heavy (non-hydrogen) atoms. The lowest BCUT2D eigenvalue weighted by Gasteiger charge is -2.21. The predicted molar refractivity (Wildman–Crippen MR) is 75.3 cm³/mol. The van der Waals surface area contributed by atoms with Gasteiger partial charge in [0.25, 0.3) is 0 Å². The number of pyridine rings is 1. The van der Waals surface area contributed by atoms with Gasteiger partial charge in [-0.05, 0) is 44.7 Å². The molecule has 4 nitrogen and oxygen atoms in total. The lowest BCUT2D eigenvalue weighted by Crippen LogP contribution is -2.26. The summed E-state index contributed by atoms with van der Waals surface area (Å²) in [4.78, 5) is 6.68. The summed E-state index contributed by atoms with van der Waals surface area (Å²) in [5.74, 6) is 0.788. The SMILES string of the molecule is CC(C)OCCN(C)c1nc2c(cc1C#N)CCC2. The van der Waals surface area contributed by atoms with Crippen LogP contribution in [0.15, 0.2) is 6.07 Å². The molecule has 0 spiro atoms. The second-order valence-electron chi connectivity index (χ2n) is 5.27. The van der Waals surface area contributed by atoms with Gasteiger partial charge in [0.05, 0.1) is 18.3 Å². The van der Waals surface area contributed by atoms with E-state index in [4.69, 9.17) is 4.74 Å². The highest BCUT2D eigenvalue weighted by molar-refractivity contribution is 5.56. The standard InChI is InChI=1S/C15H21N3O/c1-11(2)19-8-7-18(3)15-13(10-16)9-12-5-4-6-14(12)17-15/h9,11H,4-8H2,1-3H3. The molecule has 0 saturated carbocycles. The largest absolute Gasteiger partial charge is 0.377 e. The van der Waals surface area contributed by atoms with Crippen molar-refractivity contribution in [2.45, 2.75) is 39.2 Å². The first kappa shape index (κ1) is 13.8. The molecule has 0 unspecified atom stereocenters. The number of likely N-dealkylation sites (N-methyl/N-ethyl adjacent to an activating group) is 1. The summed E-state index contributed by atoms with van der Waals surface area (Å²) >= 11 is 0. The van der Waals surface area contributed by atoms with Crippen molar-refractivity contribution < 1.29 is 4.74 Å². The van der Waals surface area contributed by atoms with Crippen molar-refractivity contribution in [2.75, 3.05) is 25.1 Å². The van der Waals surface area contributed by atoms with E-state index in [0.717, 1.165) is 37.3 Å². The Balaban J connectivity index is 2.12. The van der Waals surface area contributed by atoms with Crippen LogP contribution in [0.3, 0.4) is 0 Å². The van der Waals surface area contributed by atoms with E-state index in [0.29, 0.717) is 12.2 Å². The molecular weight excluding hydrogens is 238 g/mol. The molecule has 102 valence electrons. The molecule has 0 aromatic carbocycles. The maximum absolute atomic E-state index is 9.26. The number of nitrogens with zero attached hydrogens (tertiary/aromatic N) is 3. The first-order valence-corrected chi connectivity index (χ1v) is 6.87. The van der Waals surface area contributed by atoms with Gasteiger partial charge < -0.3 is 9.64 Å². The molecule has 1 aromatic rings. The van der Waals surface area contributed by atoms with Crippen molar-refractivity contribution in [2.24, 2.45) is 0 Å². The van der Waals surface area contributed by atoms with Crippen molar-refractivity contribution in [3.63, 3.8) is 0 Å². The number of aromatic nitrogens is 1. The Morgan fingerprint density at radius 1 is 1.47 bits per heavy atom. The molecular formula is C15H21N3O. The minimum Gasteiger partial charge on any atom is -0.377 e. The van der Waals surface area contributed by atoms with Gasteiger partial charge in [0.15, 0.2) is 0 Å². The number of rotatable bonds is 5.